The van der Waals surface area contributed by atoms with Crippen LogP contribution in [0.5, 0.6) is 11.5 Å². The Morgan fingerprint density at radius 3 is 2.51 bits per heavy atom. The van der Waals surface area contributed by atoms with Crippen LogP contribution in [0.3, 0.4) is 0 Å². The summed E-state index contributed by atoms with van der Waals surface area (Å²) in [5.74, 6) is -0.216. The summed E-state index contributed by atoms with van der Waals surface area (Å²) in [6.07, 6.45) is 6.06. The van der Waals surface area contributed by atoms with E-state index in [0.717, 1.165) is 87.7 Å². The lowest BCUT2D eigenvalue weighted by atomic mass is 9.61. The Labute approximate surface area is 315 Å². The molecular formula is C40H44N4O7S2. The number of nitrogens with zero attached hydrogens (tertiary/aromatic N) is 4. The number of Topliss-reactive ketones (excluding diaryl/α,β-unsaturated/α-hetero) is 1. The minimum atomic E-state index is -1.76. The minimum Gasteiger partial charge on any atom is -0.508 e. The second-order valence-corrected chi connectivity index (χ2v) is 16.7. The van der Waals surface area contributed by atoms with E-state index in [0.29, 0.717) is 33.1 Å². The van der Waals surface area contributed by atoms with Crippen molar-refractivity contribution in [3.05, 3.63) is 91.8 Å². The first kappa shape index (κ1) is 35.9. The third-order valence-corrected chi connectivity index (χ3v) is 13.3. The third kappa shape index (κ3) is 7.25. The van der Waals surface area contributed by atoms with Gasteiger partial charge < -0.3 is 29.7 Å². The number of aryl methyl sites for hydroxylation is 2. The molecule has 5 heterocycles. The lowest BCUT2D eigenvalue weighted by Gasteiger charge is -2.51. The number of likely N-dealkylation sites (tertiary alicyclic amines) is 1. The number of aromatic nitrogens is 3. The van der Waals surface area contributed by atoms with Crippen molar-refractivity contribution in [1.82, 2.24) is 19.9 Å². The average Bonchev–Trinajstić information content (AvgIpc) is 3.96. The molecule has 1 aliphatic carbocycles. The topological polar surface area (TPSA) is 147 Å². The van der Waals surface area contributed by atoms with Crippen LogP contribution in [0.2, 0.25) is 0 Å². The average molecular weight is 757 g/mol. The molecule has 0 bridgehead atoms. The lowest BCUT2D eigenvalue weighted by molar-refractivity contribution is -0.181. The van der Waals surface area contributed by atoms with Crippen LogP contribution in [0.25, 0.3) is 11.0 Å². The molecule has 2 fully saturated rings. The van der Waals surface area contributed by atoms with Crippen LogP contribution in [0.1, 0.15) is 77.5 Å². The Morgan fingerprint density at radius 1 is 1.04 bits per heavy atom. The molecular weight excluding hydrogens is 713 g/mol. The Bertz CT molecular complexity index is 2030. The van der Waals surface area contributed by atoms with Crippen LogP contribution in [0.15, 0.2) is 65.4 Å². The molecule has 2 aromatic carbocycles. The minimum absolute atomic E-state index is 0.0200. The second-order valence-electron chi connectivity index (χ2n) is 14.8. The van der Waals surface area contributed by atoms with Crippen molar-refractivity contribution in [1.29, 1.82) is 0 Å². The summed E-state index contributed by atoms with van der Waals surface area (Å²) in [7, 11) is 0. The molecule has 3 N–H and O–H groups in total. The van der Waals surface area contributed by atoms with Crippen LogP contribution < -0.4 is 4.74 Å². The predicted molar refractivity (Wildman–Crippen MR) is 201 cm³/mol. The first-order valence-corrected chi connectivity index (χ1v) is 20.2. The quantitative estimate of drug-likeness (QED) is 0.124. The van der Waals surface area contributed by atoms with E-state index in [4.69, 9.17) is 9.47 Å². The van der Waals surface area contributed by atoms with Gasteiger partial charge >= 0.3 is 5.97 Å². The molecule has 3 aliphatic rings. The fraction of sp³-hybridized carbons (Fsp3) is 0.450. The number of rotatable bonds is 13. The number of phenols is 1. The summed E-state index contributed by atoms with van der Waals surface area (Å²) in [4.78, 5) is 28.8. The molecule has 1 spiro atoms. The van der Waals surface area contributed by atoms with E-state index in [2.05, 4.69) is 33.4 Å². The van der Waals surface area contributed by atoms with Gasteiger partial charge in [-0.15, -0.1) is 27.8 Å². The molecule has 11 nitrogen and oxygen atoms in total. The van der Waals surface area contributed by atoms with Crippen molar-refractivity contribution in [3.8, 4) is 11.5 Å². The smallest absolute Gasteiger partial charge is 0.349 e. The molecule has 0 radical (unpaired) electrons. The normalized spacial score (nSPS) is 18.1. The number of phenolic OH excluding ortho intramolecular Hbond substituents is 1. The van der Waals surface area contributed by atoms with E-state index in [-0.39, 0.29) is 36.1 Å². The molecule has 0 amide bonds. The monoisotopic (exact) mass is 756 g/mol. The predicted octanol–water partition coefficient (Wildman–Crippen LogP) is 5.93. The van der Waals surface area contributed by atoms with Gasteiger partial charge in [-0.2, -0.15) is 0 Å². The zero-order valence-corrected chi connectivity index (χ0v) is 31.1. The number of thiophene rings is 2. The highest BCUT2D eigenvalue weighted by Gasteiger charge is 2.51. The van der Waals surface area contributed by atoms with Crippen molar-refractivity contribution in [2.75, 3.05) is 26.2 Å². The van der Waals surface area contributed by atoms with Crippen molar-refractivity contribution in [3.63, 3.8) is 0 Å². The third-order valence-electron chi connectivity index (χ3n) is 11.3. The Balaban J connectivity index is 0.770. The Kier molecular flexibility index (Phi) is 10.1. The van der Waals surface area contributed by atoms with Gasteiger partial charge in [0.15, 0.2) is 5.78 Å². The molecule has 53 heavy (non-hydrogen) atoms. The highest BCUT2D eigenvalue weighted by Crippen LogP contribution is 2.51. The SMILES string of the molecule is O=C1COc2c([C@@H](O)CCCc3ccc4c(c3)nnn4CCCN3CCC4(CC3)CC(OC(=O)C(O)(c3cccs3)c3cccs3)C4)ccc(O)c2C1. The fourth-order valence-electron chi connectivity index (χ4n) is 8.25. The van der Waals surface area contributed by atoms with Crippen molar-refractivity contribution in [2.24, 2.45) is 5.41 Å². The first-order chi connectivity index (χ1) is 25.7. The van der Waals surface area contributed by atoms with Gasteiger partial charge in [-0.3, -0.25) is 4.79 Å². The van der Waals surface area contributed by atoms with E-state index in [1.165, 1.54) is 28.7 Å². The number of carbonyl (C=O) groups is 2. The molecule has 13 heteroatoms. The van der Waals surface area contributed by atoms with E-state index >= 15 is 0 Å². The van der Waals surface area contributed by atoms with Gasteiger partial charge in [0.05, 0.1) is 21.4 Å². The van der Waals surface area contributed by atoms with Gasteiger partial charge in [0.1, 0.15) is 29.7 Å². The van der Waals surface area contributed by atoms with Crippen molar-refractivity contribution >= 4 is 45.5 Å². The fourth-order valence-corrected chi connectivity index (χ4v) is 9.97. The molecule has 1 saturated carbocycles. The van der Waals surface area contributed by atoms with Crippen LogP contribution >= 0.6 is 22.7 Å². The summed E-state index contributed by atoms with van der Waals surface area (Å²) < 4.78 is 13.5. The van der Waals surface area contributed by atoms with E-state index in [9.17, 15) is 24.9 Å². The Morgan fingerprint density at radius 2 is 1.79 bits per heavy atom. The maximum atomic E-state index is 13.4. The van der Waals surface area contributed by atoms with Crippen LogP contribution in [-0.2, 0) is 39.3 Å². The van der Waals surface area contributed by atoms with Gasteiger partial charge in [0.2, 0.25) is 5.60 Å². The van der Waals surface area contributed by atoms with Crippen LogP contribution in [0, 0.1) is 5.41 Å². The van der Waals surface area contributed by atoms with Crippen LogP contribution in [0.4, 0.5) is 0 Å². The maximum Gasteiger partial charge on any atom is 0.349 e. The molecule has 8 rings (SSSR count). The number of carbonyl (C=O) groups excluding carboxylic acids is 2. The van der Waals surface area contributed by atoms with Gasteiger partial charge in [0.25, 0.3) is 0 Å². The summed E-state index contributed by atoms with van der Waals surface area (Å²) >= 11 is 2.73. The second kappa shape index (κ2) is 14.9. The number of benzene rings is 2. The number of aliphatic hydroxyl groups excluding tert-OH is 1. The molecule has 2 aliphatic heterocycles. The molecule has 1 atom stereocenters. The number of ketones is 1. The largest absolute Gasteiger partial charge is 0.508 e. The standard InChI is InChI=1S/C40H44N4O7S2/c45-27-22-30-34(47)12-10-29(37(30)50-25-27)33(46)6-1-5-26-9-11-32-31(21-26)41-42-44(32)16-4-15-43-17-13-39(14-18-43)23-28(24-39)51-38(48)40(49,35-7-2-19-52-35)36-8-3-20-53-36/h2-3,7-12,19-21,28,33,46-47,49H,1,4-6,13-18,22-25H2/t33-/m0/s1. The lowest BCUT2D eigenvalue weighted by Crippen LogP contribution is -2.52. The number of ether oxygens (including phenoxy) is 2. The zero-order valence-electron chi connectivity index (χ0n) is 29.5. The van der Waals surface area contributed by atoms with Gasteiger partial charge in [-0.25, -0.2) is 9.48 Å². The highest BCUT2D eigenvalue weighted by atomic mass is 32.1. The zero-order chi connectivity index (χ0) is 36.6. The van der Waals surface area contributed by atoms with E-state index in [1.54, 1.807) is 18.2 Å². The number of aromatic hydroxyl groups is 1. The van der Waals surface area contributed by atoms with E-state index in [1.807, 2.05) is 27.6 Å². The number of hydrogen-bond acceptors (Lipinski definition) is 12. The summed E-state index contributed by atoms with van der Waals surface area (Å²) in [5, 5.41) is 45.3. The van der Waals surface area contributed by atoms with Crippen molar-refractivity contribution in [2.45, 2.75) is 82.1 Å². The molecule has 0 unspecified atom stereocenters. The molecule has 278 valence electrons. The number of esters is 1. The number of fused-ring (bicyclic) bond motifs is 2. The Hall–Kier alpha value is -4.14. The van der Waals surface area contributed by atoms with Crippen molar-refractivity contribution < 1.29 is 34.4 Å². The molecule has 3 aromatic heterocycles. The summed E-state index contributed by atoms with van der Waals surface area (Å²) in [5.41, 5.74) is 2.51. The summed E-state index contributed by atoms with van der Waals surface area (Å²) in [6, 6.07) is 16.7. The van der Waals surface area contributed by atoms with E-state index < -0.39 is 17.7 Å². The number of piperidine rings is 1. The number of aliphatic hydroxyl groups is 2. The number of hydrogen-bond donors (Lipinski definition) is 3. The summed E-state index contributed by atoms with van der Waals surface area (Å²) in [6.45, 7) is 3.76. The molecule has 1 saturated heterocycles. The maximum absolute atomic E-state index is 13.4. The molecule has 5 aromatic rings. The van der Waals surface area contributed by atoms with Gasteiger partial charge in [0, 0.05) is 24.1 Å². The van der Waals surface area contributed by atoms with Crippen LogP contribution in [-0.4, -0.2) is 79.3 Å². The van der Waals surface area contributed by atoms with Gasteiger partial charge in [-0.05, 0) is 129 Å². The first-order valence-electron chi connectivity index (χ1n) is 18.4. The van der Waals surface area contributed by atoms with Gasteiger partial charge in [-0.1, -0.05) is 23.4 Å². The highest BCUT2D eigenvalue weighted by molar-refractivity contribution is 7.12.